The number of carbonyl (C=O) groups excluding carboxylic acids is 2. The van der Waals surface area contributed by atoms with E-state index in [9.17, 15) is 26.8 Å². The molecule has 0 aliphatic carbocycles. The Labute approximate surface area is 197 Å². The molecule has 33 heavy (non-hydrogen) atoms. The molecule has 0 heterocycles. The third kappa shape index (κ3) is 26.8. The van der Waals surface area contributed by atoms with Crippen LogP contribution < -0.4 is 0 Å². The van der Waals surface area contributed by atoms with Crippen LogP contribution >= 0.6 is 0 Å². The maximum atomic E-state index is 12.6. The quantitative estimate of drug-likeness (QED) is 0.113. The second kappa shape index (κ2) is 19.1. The van der Waals surface area contributed by atoms with Crippen LogP contribution in [0.5, 0.6) is 0 Å². The molecule has 10 heteroatoms. The first-order valence-corrected chi connectivity index (χ1v) is 13.7. The van der Waals surface area contributed by atoms with Crippen molar-refractivity contribution in [3.05, 3.63) is 0 Å². The van der Waals surface area contributed by atoms with Gasteiger partial charge in [-0.1, -0.05) is 77.0 Å². The summed E-state index contributed by atoms with van der Waals surface area (Å²) in [5.74, 6) is -4.51. The normalized spacial score (nSPS) is 12.0. The van der Waals surface area contributed by atoms with Gasteiger partial charge in [0.2, 0.25) is 0 Å². The zero-order valence-electron chi connectivity index (χ0n) is 20.0. The molecule has 1 N–H and O–H groups in total. The van der Waals surface area contributed by atoms with Crippen LogP contribution in [-0.2, 0) is 29.2 Å². The fourth-order valence-electron chi connectivity index (χ4n) is 3.27. The number of alkyl halides is 2. The van der Waals surface area contributed by atoms with Crippen molar-refractivity contribution in [3.8, 4) is 0 Å². The summed E-state index contributed by atoms with van der Waals surface area (Å²) in [5.41, 5.74) is 0. The van der Waals surface area contributed by atoms with Gasteiger partial charge in [-0.15, -0.1) is 0 Å². The number of hydrogen-bond acceptors (Lipinski definition) is 6. The molecule has 0 aromatic heterocycles. The van der Waals surface area contributed by atoms with Gasteiger partial charge in [-0.25, -0.2) is 8.78 Å². The number of hydrogen-bond donors (Lipinski definition) is 1. The van der Waals surface area contributed by atoms with E-state index >= 15 is 0 Å². The molecule has 0 aliphatic rings. The summed E-state index contributed by atoms with van der Waals surface area (Å²) in [6, 6.07) is 0. The zero-order valence-corrected chi connectivity index (χ0v) is 20.8. The molecule has 0 bridgehead atoms. The molecule has 0 amide bonds. The van der Waals surface area contributed by atoms with Crippen LogP contribution in [0.15, 0.2) is 0 Å². The molecule has 0 aromatic rings. The van der Waals surface area contributed by atoms with Gasteiger partial charge < -0.3 is 9.47 Å². The summed E-state index contributed by atoms with van der Waals surface area (Å²) < 4.78 is 64.0. The van der Waals surface area contributed by atoms with Gasteiger partial charge in [0, 0.05) is 19.8 Å². The summed E-state index contributed by atoms with van der Waals surface area (Å²) in [5, 5.41) is 0. The standard InChI is InChI=1S/C23H42F2O7S/c1-23(24,25)20-32-22(27)17-15-13-11-9-7-5-3-2-4-6-8-10-12-14-16-21(26)31-18-19-33(28,29)30/h2-20H2,1H3,(H,28,29,30). The van der Waals surface area contributed by atoms with Crippen LogP contribution in [0.25, 0.3) is 0 Å². The monoisotopic (exact) mass is 500 g/mol. The lowest BCUT2D eigenvalue weighted by atomic mass is 10.0. The largest absolute Gasteiger partial charge is 0.464 e. The topological polar surface area (TPSA) is 107 Å². The van der Waals surface area contributed by atoms with Crippen molar-refractivity contribution in [1.29, 1.82) is 0 Å². The van der Waals surface area contributed by atoms with Crippen LogP contribution in [0.3, 0.4) is 0 Å². The van der Waals surface area contributed by atoms with E-state index < -0.39 is 40.3 Å². The van der Waals surface area contributed by atoms with Gasteiger partial charge >= 0.3 is 11.9 Å². The third-order valence-electron chi connectivity index (χ3n) is 5.10. The highest BCUT2D eigenvalue weighted by molar-refractivity contribution is 7.85. The molecule has 0 saturated carbocycles. The molecule has 0 spiro atoms. The van der Waals surface area contributed by atoms with Crippen LogP contribution in [0.4, 0.5) is 8.78 Å². The number of esters is 2. The number of carbonyl (C=O) groups is 2. The van der Waals surface area contributed by atoms with Crippen LogP contribution in [0.2, 0.25) is 0 Å². The summed E-state index contributed by atoms with van der Waals surface area (Å²) in [6.07, 6.45) is 15.3. The summed E-state index contributed by atoms with van der Waals surface area (Å²) in [7, 11) is -4.09. The molecule has 0 atom stereocenters. The highest BCUT2D eigenvalue weighted by Crippen LogP contribution is 2.15. The highest BCUT2D eigenvalue weighted by Gasteiger charge is 2.23. The number of ether oxygens (including phenoxy) is 2. The third-order valence-corrected chi connectivity index (χ3v) is 5.79. The van der Waals surface area contributed by atoms with Gasteiger partial charge in [-0.2, -0.15) is 8.42 Å². The minimum atomic E-state index is -4.09. The first-order valence-electron chi connectivity index (χ1n) is 12.1. The predicted octanol–water partition coefficient (Wildman–Crippen LogP) is 5.86. The molecule has 0 saturated heterocycles. The smallest absolute Gasteiger partial charge is 0.305 e. The van der Waals surface area contributed by atoms with E-state index in [1.807, 2.05) is 0 Å². The Morgan fingerprint density at radius 1 is 0.697 bits per heavy atom. The van der Waals surface area contributed by atoms with Gasteiger partial charge in [-0.3, -0.25) is 14.1 Å². The van der Waals surface area contributed by atoms with Crippen LogP contribution in [-0.4, -0.2) is 49.8 Å². The zero-order chi connectivity index (χ0) is 25.0. The Hall–Kier alpha value is -1.29. The Morgan fingerprint density at radius 2 is 1.03 bits per heavy atom. The van der Waals surface area contributed by atoms with Crippen molar-refractivity contribution >= 4 is 22.1 Å². The average molecular weight is 501 g/mol. The van der Waals surface area contributed by atoms with Crippen molar-refractivity contribution in [3.63, 3.8) is 0 Å². The Kier molecular flexibility index (Phi) is 18.3. The number of halogens is 2. The Balaban J connectivity index is 3.27. The first kappa shape index (κ1) is 31.7. The van der Waals surface area contributed by atoms with Crippen molar-refractivity contribution in [1.82, 2.24) is 0 Å². The molecule has 7 nitrogen and oxygen atoms in total. The Morgan fingerprint density at radius 3 is 1.36 bits per heavy atom. The molecule has 0 aliphatic heterocycles. The summed E-state index contributed by atoms with van der Waals surface area (Å²) in [6.45, 7) is -0.417. The van der Waals surface area contributed by atoms with Crippen molar-refractivity contribution < 1.29 is 40.8 Å². The second-order valence-electron chi connectivity index (χ2n) is 8.69. The molecular formula is C23H42F2O7S. The lowest BCUT2D eigenvalue weighted by Gasteiger charge is -2.10. The molecule has 0 fully saturated rings. The minimum absolute atomic E-state index is 0.206. The molecule has 0 radical (unpaired) electrons. The molecule has 0 unspecified atom stereocenters. The minimum Gasteiger partial charge on any atom is -0.464 e. The predicted molar refractivity (Wildman–Crippen MR) is 123 cm³/mol. The van der Waals surface area contributed by atoms with E-state index in [0.29, 0.717) is 6.42 Å². The van der Waals surface area contributed by atoms with Crippen molar-refractivity contribution in [2.24, 2.45) is 0 Å². The molecule has 0 rings (SSSR count). The van der Waals surface area contributed by atoms with E-state index in [0.717, 1.165) is 51.9 Å². The van der Waals surface area contributed by atoms with Crippen molar-refractivity contribution in [2.75, 3.05) is 19.0 Å². The fraction of sp³-hybridized carbons (Fsp3) is 0.913. The van der Waals surface area contributed by atoms with E-state index in [1.54, 1.807) is 0 Å². The van der Waals surface area contributed by atoms with Gasteiger partial charge in [0.15, 0.2) is 6.61 Å². The van der Waals surface area contributed by atoms with E-state index in [2.05, 4.69) is 4.74 Å². The average Bonchev–Trinajstić information content (AvgIpc) is 2.70. The number of rotatable bonds is 22. The molecular weight excluding hydrogens is 458 g/mol. The fourth-order valence-corrected chi connectivity index (χ4v) is 3.57. The van der Waals surface area contributed by atoms with Crippen LogP contribution in [0, 0.1) is 0 Å². The maximum Gasteiger partial charge on any atom is 0.305 e. The van der Waals surface area contributed by atoms with E-state index in [-0.39, 0.29) is 19.4 Å². The highest BCUT2D eigenvalue weighted by atomic mass is 32.2. The van der Waals surface area contributed by atoms with Crippen LogP contribution in [0.1, 0.15) is 110 Å². The summed E-state index contributed by atoms with van der Waals surface area (Å²) >= 11 is 0. The van der Waals surface area contributed by atoms with Gasteiger partial charge in [0.1, 0.15) is 12.4 Å². The van der Waals surface area contributed by atoms with Gasteiger partial charge in [0.25, 0.3) is 16.0 Å². The van der Waals surface area contributed by atoms with E-state index in [4.69, 9.17) is 9.29 Å². The molecule has 0 aromatic carbocycles. The van der Waals surface area contributed by atoms with Gasteiger partial charge in [-0.05, 0) is 12.8 Å². The lowest BCUT2D eigenvalue weighted by molar-refractivity contribution is -0.153. The van der Waals surface area contributed by atoms with E-state index in [1.165, 1.54) is 38.5 Å². The second-order valence-corrected chi connectivity index (χ2v) is 10.3. The summed E-state index contributed by atoms with van der Waals surface area (Å²) in [4.78, 5) is 22.7. The first-order chi connectivity index (χ1) is 15.5. The SMILES string of the molecule is CC(F)(F)COC(=O)CCCCCCCCCCCCCCCCC(=O)OCCS(=O)(=O)O. The van der Waals surface area contributed by atoms with Crippen molar-refractivity contribution in [2.45, 2.75) is 116 Å². The maximum absolute atomic E-state index is 12.6. The lowest BCUT2D eigenvalue weighted by Crippen LogP contribution is -2.21. The molecule has 196 valence electrons. The Bertz CT molecular complexity index is 619. The van der Waals surface area contributed by atoms with Gasteiger partial charge in [0.05, 0.1) is 0 Å². The number of unbranched alkanes of at least 4 members (excludes halogenated alkanes) is 13.